The SMILES string of the molecule is O=C(N/C(=C\c1ccccc1F)C(=O)N1CCCCC1)c1ccc([N+](=O)[O-])cc1. The fourth-order valence-electron chi connectivity index (χ4n) is 3.10. The zero-order chi connectivity index (χ0) is 20.8. The Morgan fingerprint density at radius 1 is 1.03 bits per heavy atom. The Morgan fingerprint density at radius 2 is 1.69 bits per heavy atom. The number of piperidine rings is 1. The van der Waals surface area contributed by atoms with Crippen molar-refractivity contribution in [1.29, 1.82) is 0 Å². The number of hydrogen-bond acceptors (Lipinski definition) is 4. The molecule has 8 heteroatoms. The van der Waals surface area contributed by atoms with Crippen LogP contribution in [-0.4, -0.2) is 34.7 Å². The van der Waals surface area contributed by atoms with Gasteiger partial charge in [0.2, 0.25) is 0 Å². The Bertz CT molecular complexity index is 951. The van der Waals surface area contributed by atoms with Crippen LogP contribution in [0.25, 0.3) is 6.08 Å². The molecule has 1 aliphatic rings. The predicted molar refractivity (Wildman–Crippen MR) is 105 cm³/mol. The monoisotopic (exact) mass is 397 g/mol. The Balaban J connectivity index is 1.88. The molecule has 1 saturated heterocycles. The van der Waals surface area contributed by atoms with Gasteiger partial charge in [0.25, 0.3) is 17.5 Å². The van der Waals surface area contributed by atoms with Crippen molar-refractivity contribution in [2.45, 2.75) is 19.3 Å². The smallest absolute Gasteiger partial charge is 0.270 e. The maximum Gasteiger partial charge on any atom is 0.270 e. The Labute approximate surface area is 167 Å². The van der Waals surface area contributed by atoms with Gasteiger partial charge >= 0.3 is 0 Å². The molecule has 7 nitrogen and oxygen atoms in total. The van der Waals surface area contributed by atoms with E-state index in [1.807, 2.05) is 0 Å². The minimum Gasteiger partial charge on any atom is -0.337 e. The van der Waals surface area contributed by atoms with Gasteiger partial charge < -0.3 is 10.2 Å². The molecule has 1 aliphatic heterocycles. The Hall–Kier alpha value is -3.55. The van der Waals surface area contributed by atoms with E-state index < -0.39 is 16.6 Å². The quantitative estimate of drug-likeness (QED) is 0.475. The van der Waals surface area contributed by atoms with Crippen LogP contribution in [0.2, 0.25) is 0 Å². The first-order valence-electron chi connectivity index (χ1n) is 9.27. The predicted octanol–water partition coefficient (Wildman–Crippen LogP) is 3.52. The van der Waals surface area contributed by atoms with E-state index in [-0.39, 0.29) is 28.4 Å². The van der Waals surface area contributed by atoms with Crippen molar-refractivity contribution >= 4 is 23.6 Å². The average Bonchev–Trinajstić information content (AvgIpc) is 2.75. The molecule has 0 aromatic heterocycles. The average molecular weight is 397 g/mol. The highest BCUT2D eigenvalue weighted by molar-refractivity contribution is 6.05. The zero-order valence-corrected chi connectivity index (χ0v) is 15.6. The van der Waals surface area contributed by atoms with Crippen molar-refractivity contribution in [3.63, 3.8) is 0 Å². The number of hydrogen-bond donors (Lipinski definition) is 1. The van der Waals surface area contributed by atoms with Gasteiger partial charge in [0.05, 0.1) is 4.92 Å². The molecule has 1 heterocycles. The second-order valence-electron chi connectivity index (χ2n) is 6.69. The summed E-state index contributed by atoms with van der Waals surface area (Å²) in [4.78, 5) is 37.4. The Morgan fingerprint density at radius 3 is 2.31 bits per heavy atom. The number of benzene rings is 2. The molecule has 150 valence electrons. The largest absolute Gasteiger partial charge is 0.337 e. The van der Waals surface area contributed by atoms with Crippen molar-refractivity contribution in [1.82, 2.24) is 10.2 Å². The van der Waals surface area contributed by atoms with Crippen LogP contribution in [0.5, 0.6) is 0 Å². The van der Waals surface area contributed by atoms with Crippen LogP contribution in [0.15, 0.2) is 54.2 Å². The van der Waals surface area contributed by atoms with Gasteiger partial charge in [-0.15, -0.1) is 0 Å². The molecule has 0 saturated carbocycles. The summed E-state index contributed by atoms with van der Waals surface area (Å²) < 4.78 is 14.1. The van der Waals surface area contributed by atoms with E-state index in [4.69, 9.17) is 0 Å². The van der Waals surface area contributed by atoms with E-state index in [1.165, 1.54) is 48.5 Å². The number of rotatable bonds is 5. The first-order valence-corrected chi connectivity index (χ1v) is 9.27. The highest BCUT2D eigenvalue weighted by Gasteiger charge is 2.23. The molecule has 1 N–H and O–H groups in total. The summed E-state index contributed by atoms with van der Waals surface area (Å²) in [6, 6.07) is 11.0. The van der Waals surface area contributed by atoms with Crippen LogP contribution in [-0.2, 0) is 4.79 Å². The molecule has 2 aromatic rings. The first kappa shape index (κ1) is 20.2. The number of carbonyl (C=O) groups is 2. The summed E-state index contributed by atoms with van der Waals surface area (Å²) in [7, 11) is 0. The van der Waals surface area contributed by atoms with Crippen LogP contribution in [0, 0.1) is 15.9 Å². The van der Waals surface area contributed by atoms with E-state index in [2.05, 4.69) is 5.32 Å². The summed E-state index contributed by atoms with van der Waals surface area (Å²) in [5, 5.41) is 13.3. The highest BCUT2D eigenvalue weighted by atomic mass is 19.1. The van der Waals surface area contributed by atoms with Gasteiger partial charge in [0.1, 0.15) is 11.5 Å². The molecule has 0 unspecified atom stereocenters. The molecule has 0 aliphatic carbocycles. The maximum atomic E-state index is 14.1. The zero-order valence-electron chi connectivity index (χ0n) is 15.6. The van der Waals surface area contributed by atoms with Gasteiger partial charge in [-0.1, -0.05) is 18.2 Å². The number of carbonyl (C=O) groups excluding carboxylic acids is 2. The van der Waals surface area contributed by atoms with E-state index >= 15 is 0 Å². The lowest BCUT2D eigenvalue weighted by molar-refractivity contribution is -0.384. The number of nitro groups is 1. The first-order chi connectivity index (χ1) is 14.0. The Kier molecular flexibility index (Phi) is 6.33. The molecule has 1 fully saturated rings. The van der Waals surface area contributed by atoms with Crippen LogP contribution in [0.4, 0.5) is 10.1 Å². The van der Waals surface area contributed by atoms with Crippen molar-refractivity contribution in [3.05, 3.63) is 81.3 Å². The lowest BCUT2D eigenvalue weighted by Crippen LogP contribution is -2.41. The molecule has 3 rings (SSSR count). The van der Waals surface area contributed by atoms with Crippen LogP contribution in [0.1, 0.15) is 35.2 Å². The molecular weight excluding hydrogens is 377 g/mol. The minimum absolute atomic E-state index is 0.0413. The standard InChI is InChI=1S/C21H20FN3O4/c22-18-7-3-2-6-16(18)14-19(21(27)24-12-4-1-5-13-24)23-20(26)15-8-10-17(11-9-15)25(28)29/h2-3,6-11,14H,1,4-5,12-13H2,(H,23,26)/b19-14-. The lowest BCUT2D eigenvalue weighted by Gasteiger charge is -2.27. The summed E-state index contributed by atoms with van der Waals surface area (Å²) in [6.45, 7) is 1.14. The van der Waals surface area contributed by atoms with Crippen molar-refractivity contribution in [2.24, 2.45) is 0 Å². The number of nitrogens with one attached hydrogen (secondary N) is 1. The maximum absolute atomic E-state index is 14.1. The van der Waals surface area contributed by atoms with Gasteiger partial charge in [0.15, 0.2) is 0 Å². The van der Waals surface area contributed by atoms with Gasteiger partial charge in [0, 0.05) is 36.3 Å². The van der Waals surface area contributed by atoms with Crippen molar-refractivity contribution < 1.29 is 18.9 Å². The van der Waals surface area contributed by atoms with E-state index in [0.29, 0.717) is 13.1 Å². The van der Waals surface area contributed by atoms with E-state index in [9.17, 15) is 24.1 Å². The van der Waals surface area contributed by atoms with Gasteiger partial charge in [-0.3, -0.25) is 19.7 Å². The van der Waals surface area contributed by atoms with E-state index in [1.54, 1.807) is 11.0 Å². The molecule has 2 amide bonds. The summed E-state index contributed by atoms with van der Waals surface area (Å²) in [5.41, 5.74) is 0.145. The second-order valence-corrected chi connectivity index (χ2v) is 6.69. The fraction of sp³-hybridized carbons (Fsp3) is 0.238. The molecule has 0 bridgehead atoms. The molecule has 0 atom stereocenters. The van der Waals surface area contributed by atoms with Gasteiger partial charge in [-0.25, -0.2) is 4.39 Å². The number of halogens is 1. The number of amides is 2. The fourth-order valence-corrected chi connectivity index (χ4v) is 3.10. The van der Waals surface area contributed by atoms with Crippen molar-refractivity contribution in [3.8, 4) is 0 Å². The molecule has 0 spiro atoms. The molecule has 29 heavy (non-hydrogen) atoms. The summed E-state index contributed by atoms with van der Waals surface area (Å²) in [6.07, 6.45) is 4.09. The minimum atomic E-state index is -0.604. The summed E-state index contributed by atoms with van der Waals surface area (Å²) in [5.74, 6) is -1.50. The van der Waals surface area contributed by atoms with Gasteiger partial charge in [-0.05, 0) is 43.5 Å². The topological polar surface area (TPSA) is 92.6 Å². The summed E-state index contributed by atoms with van der Waals surface area (Å²) >= 11 is 0. The molecule has 2 aromatic carbocycles. The third-order valence-corrected chi connectivity index (χ3v) is 4.67. The van der Waals surface area contributed by atoms with Crippen LogP contribution >= 0.6 is 0 Å². The third-order valence-electron chi connectivity index (χ3n) is 4.67. The normalized spacial score (nSPS) is 14.4. The van der Waals surface area contributed by atoms with Crippen molar-refractivity contribution in [2.75, 3.05) is 13.1 Å². The lowest BCUT2D eigenvalue weighted by atomic mass is 10.1. The van der Waals surface area contributed by atoms with Crippen LogP contribution in [0.3, 0.4) is 0 Å². The number of nitrogens with zero attached hydrogens (tertiary/aromatic N) is 2. The number of likely N-dealkylation sites (tertiary alicyclic amines) is 1. The third kappa shape index (κ3) is 5.04. The second kappa shape index (κ2) is 9.09. The number of non-ortho nitro benzene ring substituents is 1. The molecular formula is C21H20FN3O4. The van der Waals surface area contributed by atoms with Crippen LogP contribution < -0.4 is 5.32 Å². The van der Waals surface area contributed by atoms with Gasteiger partial charge in [-0.2, -0.15) is 0 Å². The number of nitro benzene ring substituents is 1. The molecule has 0 radical (unpaired) electrons. The highest BCUT2D eigenvalue weighted by Crippen LogP contribution is 2.17. The van der Waals surface area contributed by atoms with E-state index in [0.717, 1.165) is 19.3 Å².